The Morgan fingerprint density at radius 1 is 1.62 bits per heavy atom. The van der Waals surface area contributed by atoms with Crippen LogP contribution in [0.15, 0.2) is 10.7 Å². The molecule has 0 fully saturated rings. The van der Waals surface area contributed by atoms with Gasteiger partial charge >= 0.3 is 0 Å². The quantitative estimate of drug-likeness (QED) is 0.744. The molecule has 0 atom stereocenters. The number of pyridine rings is 1. The van der Waals surface area contributed by atoms with Crippen molar-refractivity contribution in [2.24, 2.45) is 0 Å². The Morgan fingerprint density at radius 3 is 2.69 bits per heavy atom. The summed E-state index contributed by atoms with van der Waals surface area (Å²) < 4.78 is 25.4. The Balaban J connectivity index is 3.32. The average Bonchev–Trinajstić information content (AvgIpc) is 2.08. The molecule has 1 rings (SSSR count). The zero-order chi connectivity index (χ0) is 10.0. The van der Waals surface area contributed by atoms with Gasteiger partial charge in [0.25, 0.3) is 6.43 Å². The molecule has 0 radical (unpaired) electrons. The van der Waals surface area contributed by atoms with Crippen LogP contribution >= 0.6 is 27.5 Å². The zero-order valence-corrected chi connectivity index (χ0v) is 9.16. The van der Waals surface area contributed by atoms with Gasteiger partial charge in [-0.2, -0.15) is 0 Å². The van der Waals surface area contributed by atoms with Gasteiger partial charge in [0.15, 0.2) is 0 Å². The van der Waals surface area contributed by atoms with E-state index in [-0.39, 0.29) is 11.4 Å². The van der Waals surface area contributed by atoms with Crippen molar-refractivity contribution < 1.29 is 8.78 Å². The Bertz CT molecular complexity index is 317. The molecule has 0 saturated heterocycles. The number of halogens is 4. The first-order valence-electron chi connectivity index (χ1n) is 3.56. The van der Waals surface area contributed by atoms with Crippen LogP contribution in [-0.4, -0.2) is 4.98 Å². The van der Waals surface area contributed by atoms with Crippen LogP contribution in [-0.2, 0) is 5.88 Å². The molecule has 0 aliphatic heterocycles. The lowest BCUT2D eigenvalue weighted by Gasteiger charge is -2.09. The molecule has 72 valence electrons. The monoisotopic (exact) mass is 269 g/mol. The van der Waals surface area contributed by atoms with Gasteiger partial charge in [0.1, 0.15) is 0 Å². The fourth-order valence-corrected chi connectivity index (χ4v) is 1.72. The second-order valence-electron chi connectivity index (χ2n) is 2.53. The van der Waals surface area contributed by atoms with Crippen LogP contribution in [0.1, 0.15) is 23.2 Å². The summed E-state index contributed by atoms with van der Waals surface area (Å²) in [4.78, 5) is 3.93. The van der Waals surface area contributed by atoms with E-state index in [2.05, 4.69) is 20.9 Å². The molecule has 0 aliphatic rings. The predicted octanol–water partition coefficient (Wildman–Crippen LogP) is 3.83. The number of hydrogen-bond acceptors (Lipinski definition) is 1. The summed E-state index contributed by atoms with van der Waals surface area (Å²) >= 11 is 8.58. The third kappa shape index (κ3) is 2.17. The average molecular weight is 271 g/mol. The molecule has 0 aromatic carbocycles. The van der Waals surface area contributed by atoms with Crippen LogP contribution in [0.5, 0.6) is 0 Å². The highest BCUT2D eigenvalue weighted by molar-refractivity contribution is 9.10. The maximum atomic E-state index is 12.5. The van der Waals surface area contributed by atoms with Crippen molar-refractivity contribution in [2.75, 3.05) is 0 Å². The molecule has 0 saturated carbocycles. The molecule has 0 unspecified atom stereocenters. The van der Waals surface area contributed by atoms with E-state index in [1.54, 1.807) is 6.92 Å². The van der Waals surface area contributed by atoms with Crippen molar-refractivity contribution in [3.63, 3.8) is 0 Å². The molecule has 5 heteroatoms. The van der Waals surface area contributed by atoms with E-state index in [0.717, 1.165) is 0 Å². The smallest absolute Gasteiger partial charge is 0.260 e. The van der Waals surface area contributed by atoms with E-state index in [1.165, 1.54) is 6.20 Å². The first-order valence-corrected chi connectivity index (χ1v) is 4.88. The van der Waals surface area contributed by atoms with Gasteiger partial charge in [0, 0.05) is 22.1 Å². The summed E-state index contributed by atoms with van der Waals surface area (Å²) in [5.41, 5.74) is 0.862. The molecule has 0 N–H and O–H groups in total. The molecule has 0 bridgehead atoms. The van der Waals surface area contributed by atoms with Crippen molar-refractivity contribution in [2.45, 2.75) is 19.2 Å². The Kier molecular flexibility index (Phi) is 3.62. The summed E-state index contributed by atoms with van der Waals surface area (Å²) in [7, 11) is 0. The number of nitrogens with zero attached hydrogens (tertiary/aromatic N) is 1. The van der Waals surface area contributed by atoms with E-state index < -0.39 is 6.43 Å². The van der Waals surface area contributed by atoms with E-state index in [4.69, 9.17) is 11.6 Å². The minimum atomic E-state index is -2.52. The van der Waals surface area contributed by atoms with Gasteiger partial charge in [-0.1, -0.05) is 0 Å². The molecule has 1 heterocycles. The second-order valence-corrected chi connectivity index (χ2v) is 3.59. The SMILES string of the molecule is Cc1ncc(CCl)c(C(F)F)c1Br. The fourth-order valence-electron chi connectivity index (χ4n) is 0.979. The summed E-state index contributed by atoms with van der Waals surface area (Å²) in [6.45, 7) is 1.66. The molecule has 13 heavy (non-hydrogen) atoms. The van der Waals surface area contributed by atoms with E-state index in [0.29, 0.717) is 15.7 Å². The van der Waals surface area contributed by atoms with Gasteiger partial charge < -0.3 is 0 Å². The third-order valence-corrected chi connectivity index (χ3v) is 2.97. The van der Waals surface area contributed by atoms with Crippen molar-refractivity contribution in [1.29, 1.82) is 0 Å². The van der Waals surface area contributed by atoms with Gasteiger partial charge in [-0.05, 0) is 28.4 Å². The number of aryl methyl sites for hydroxylation is 1. The highest BCUT2D eigenvalue weighted by atomic mass is 79.9. The van der Waals surface area contributed by atoms with Crippen LogP contribution in [0, 0.1) is 6.92 Å². The Labute approximate surface area is 88.2 Å². The molecule has 1 nitrogen and oxygen atoms in total. The van der Waals surface area contributed by atoms with Crippen LogP contribution in [0.2, 0.25) is 0 Å². The van der Waals surface area contributed by atoms with E-state index in [1.807, 2.05) is 0 Å². The lowest BCUT2D eigenvalue weighted by molar-refractivity contribution is 0.149. The number of aromatic nitrogens is 1. The van der Waals surface area contributed by atoms with Crippen LogP contribution in [0.25, 0.3) is 0 Å². The van der Waals surface area contributed by atoms with Gasteiger partial charge in [-0.25, -0.2) is 8.78 Å². The number of alkyl halides is 3. The topological polar surface area (TPSA) is 12.9 Å². The Hall–Kier alpha value is -0.220. The van der Waals surface area contributed by atoms with E-state index in [9.17, 15) is 8.78 Å². The van der Waals surface area contributed by atoms with Crippen molar-refractivity contribution >= 4 is 27.5 Å². The number of rotatable bonds is 2. The highest BCUT2D eigenvalue weighted by Crippen LogP contribution is 2.32. The lowest BCUT2D eigenvalue weighted by Crippen LogP contribution is -1.98. The summed E-state index contributed by atoms with van der Waals surface area (Å²) in [6, 6.07) is 0. The van der Waals surface area contributed by atoms with Gasteiger partial charge in [-0.3, -0.25) is 4.98 Å². The normalized spacial score (nSPS) is 10.9. The molecule has 1 aromatic rings. The first kappa shape index (κ1) is 10.9. The van der Waals surface area contributed by atoms with Crippen molar-refractivity contribution in [3.8, 4) is 0 Å². The third-order valence-electron chi connectivity index (χ3n) is 1.68. The molecular weight excluding hydrogens is 263 g/mol. The van der Waals surface area contributed by atoms with Gasteiger partial charge in [0.05, 0.1) is 5.69 Å². The maximum Gasteiger partial charge on any atom is 0.265 e. The maximum absolute atomic E-state index is 12.5. The van der Waals surface area contributed by atoms with Crippen LogP contribution < -0.4 is 0 Å². The summed E-state index contributed by atoms with van der Waals surface area (Å²) in [5, 5.41) is 0. The molecular formula is C8H7BrClF2N. The molecule has 0 amide bonds. The fraction of sp³-hybridized carbons (Fsp3) is 0.375. The number of hydrogen-bond donors (Lipinski definition) is 0. The van der Waals surface area contributed by atoms with Gasteiger partial charge in [-0.15, -0.1) is 11.6 Å². The second kappa shape index (κ2) is 4.33. The predicted molar refractivity (Wildman–Crippen MR) is 51.2 cm³/mol. The zero-order valence-electron chi connectivity index (χ0n) is 6.82. The van der Waals surface area contributed by atoms with Crippen LogP contribution in [0.3, 0.4) is 0 Å². The minimum Gasteiger partial charge on any atom is -0.260 e. The lowest BCUT2D eigenvalue weighted by atomic mass is 10.1. The van der Waals surface area contributed by atoms with Gasteiger partial charge in [0.2, 0.25) is 0 Å². The minimum absolute atomic E-state index is 0.0472. The van der Waals surface area contributed by atoms with Crippen molar-refractivity contribution in [1.82, 2.24) is 4.98 Å². The standard InChI is InChI=1S/C8H7BrClF2N/c1-4-7(9)6(8(11)12)5(2-10)3-13-4/h3,8H,2H2,1H3. The molecule has 0 aliphatic carbocycles. The van der Waals surface area contributed by atoms with E-state index >= 15 is 0 Å². The summed E-state index contributed by atoms with van der Waals surface area (Å²) in [5.74, 6) is 0.0472. The first-order chi connectivity index (χ1) is 6.07. The molecule has 1 aromatic heterocycles. The molecule has 0 spiro atoms. The largest absolute Gasteiger partial charge is 0.265 e. The Morgan fingerprint density at radius 2 is 2.23 bits per heavy atom. The summed E-state index contributed by atoms with van der Waals surface area (Å²) in [6.07, 6.45) is -1.14. The highest BCUT2D eigenvalue weighted by Gasteiger charge is 2.18. The van der Waals surface area contributed by atoms with Crippen molar-refractivity contribution in [3.05, 3.63) is 27.5 Å². The van der Waals surface area contributed by atoms with Crippen LogP contribution in [0.4, 0.5) is 8.78 Å².